The van der Waals surface area contributed by atoms with E-state index in [0.717, 1.165) is 0 Å². The minimum Gasteiger partial charge on any atom is -0.455 e. The zero-order chi connectivity index (χ0) is 19.3. The molecule has 1 unspecified atom stereocenters. The summed E-state index contributed by atoms with van der Waals surface area (Å²) in [6.45, 7) is 0.508. The Kier molecular flexibility index (Phi) is 6.13. The number of para-hydroxylation sites is 3. The molecule has 1 aliphatic rings. The van der Waals surface area contributed by atoms with E-state index < -0.39 is 9.84 Å². The summed E-state index contributed by atoms with van der Waals surface area (Å²) in [6.07, 6.45) is 0.918. The van der Waals surface area contributed by atoms with E-state index in [1.54, 1.807) is 12.1 Å². The van der Waals surface area contributed by atoms with E-state index in [1.165, 1.54) is 0 Å². The first kappa shape index (κ1) is 19.4. The third-order valence-electron chi connectivity index (χ3n) is 4.66. The highest BCUT2D eigenvalue weighted by atomic mass is 32.2. The van der Waals surface area contributed by atoms with Crippen molar-refractivity contribution in [3.8, 4) is 11.5 Å². The van der Waals surface area contributed by atoms with Gasteiger partial charge >= 0.3 is 0 Å². The number of nitrogens with zero attached hydrogens (tertiary/aromatic N) is 1. The average molecular weight is 388 g/mol. The van der Waals surface area contributed by atoms with E-state index >= 15 is 0 Å². The predicted molar refractivity (Wildman–Crippen MR) is 106 cm³/mol. The number of sulfone groups is 1. The van der Waals surface area contributed by atoms with Crippen molar-refractivity contribution >= 4 is 21.4 Å². The quantitative estimate of drug-likeness (QED) is 0.789. The number of benzene rings is 2. The van der Waals surface area contributed by atoms with Gasteiger partial charge in [-0.05, 0) is 37.7 Å². The summed E-state index contributed by atoms with van der Waals surface area (Å²) in [5, 5.41) is 2.88. The maximum Gasteiger partial charge on any atom is 0.225 e. The minimum atomic E-state index is -2.92. The molecule has 1 amide bonds. The molecule has 1 N–H and O–H groups in total. The number of carbonyl (C=O) groups excluding carboxylic acids is 1. The molecule has 1 fully saturated rings. The van der Waals surface area contributed by atoms with Gasteiger partial charge in [0.15, 0.2) is 15.6 Å². The molecule has 1 heterocycles. The van der Waals surface area contributed by atoms with Crippen LogP contribution in [0.5, 0.6) is 11.5 Å². The SMILES string of the molecule is CN(CCC(=O)Nc1ccccc1Oc1ccccc1)C1CCS(=O)(=O)C1. The molecule has 1 atom stereocenters. The van der Waals surface area contributed by atoms with Gasteiger partial charge in [-0.25, -0.2) is 8.42 Å². The van der Waals surface area contributed by atoms with Crippen LogP contribution in [0.1, 0.15) is 12.8 Å². The van der Waals surface area contributed by atoms with Gasteiger partial charge < -0.3 is 15.0 Å². The van der Waals surface area contributed by atoms with E-state index in [2.05, 4.69) is 5.32 Å². The van der Waals surface area contributed by atoms with Crippen molar-refractivity contribution in [2.45, 2.75) is 18.9 Å². The number of amides is 1. The molecule has 7 heteroatoms. The number of ether oxygens (including phenoxy) is 1. The summed E-state index contributed by atoms with van der Waals surface area (Å²) in [7, 11) is -1.06. The van der Waals surface area contributed by atoms with E-state index in [4.69, 9.17) is 4.74 Å². The maximum absolute atomic E-state index is 12.4. The first-order valence-electron chi connectivity index (χ1n) is 8.95. The Balaban J connectivity index is 1.55. The Bertz CT molecular complexity index is 884. The molecule has 0 radical (unpaired) electrons. The van der Waals surface area contributed by atoms with Crippen LogP contribution in [0.25, 0.3) is 0 Å². The van der Waals surface area contributed by atoms with Crippen molar-refractivity contribution in [1.29, 1.82) is 0 Å². The molecule has 2 aromatic rings. The van der Waals surface area contributed by atoms with Crippen molar-refractivity contribution in [2.75, 3.05) is 30.4 Å². The predicted octanol–water partition coefficient (Wildman–Crippen LogP) is 2.93. The van der Waals surface area contributed by atoms with Gasteiger partial charge in [0.25, 0.3) is 0 Å². The summed E-state index contributed by atoms with van der Waals surface area (Å²) in [5.74, 6) is 1.55. The largest absolute Gasteiger partial charge is 0.455 e. The Hall–Kier alpha value is -2.38. The van der Waals surface area contributed by atoms with Crippen molar-refractivity contribution in [2.24, 2.45) is 0 Å². The summed E-state index contributed by atoms with van der Waals surface area (Å²) in [5.41, 5.74) is 0.609. The van der Waals surface area contributed by atoms with Crippen LogP contribution >= 0.6 is 0 Å². The summed E-state index contributed by atoms with van der Waals surface area (Å²) >= 11 is 0. The highest BCUT2D eigenvalue weighted by Crippen LogP contribution is 2.29. The fourth-order valence-corrected chi connectivity index (χ4v) is 4.88. The molecule has 6 nitrogen and oxygen atoms in total. The number of anilines is 1. The van der Waals surface area contributed by atoms with Crippen LogP contribution in [0.3, 0.4) is 0 Å². The fraction of sp³-hybridized carbons (Fsp3) is 0.350. The summed E-state index contributed by atoms with van der Waals surface area (Å²) in [4.78, 5) is 14.3. The number of hydrogen-bond acceptors (Lipinski definition) is 5. The average Bonchev–Trinajstić information content (AvgIpc) is 3.02. The number of carbonyl (C=O) groups is 1. The molecular formula is C20H24N2O4S. The number of hydrogen-bond donors (Lipinski definition) is 1. The molecule has 0 bridgehead atoms. The Labute approximate surface area is 160 Å². The smallest absolute Gasteiger partial charge is 0.225 e. The number of nitrogens with one attached hydrogen (secondary N) is 1. The van der Waals surface area contributed by atoms with Crippen molar-refractivity contribution in [1.82, 2.24) is 4.90 Å². The molecular weight excluding hydrogens is 364 g/mol. The lowest BCUT2D eigenvalue weighted by atomic mass is 10.2. The maximum atomic E-state index is 12.4. The zero-order valence-electron chi connectivity index (χ0n) is 15.3. The van der Waals surface area contributed by atoms with Gasteiger partial charge in [0.1, 0.15) is 5.75 Å². The van der Waals surface area contributed by atoms with Crippen LogP contribution in [0, 0.1) is 0 Å². The van der Waals surface area contributed by atoms with Crippen LogP contribution in [0.15, 0.2) is 54.6 Å². The molecule has 0 spiro atoms. The lowest BCUT2D eigenvalue weighted by Gasteiger charge is -2.22. The van der Waals surface area contributed by atoms with Gasteiger partial charge in [0.05, 0.1) is 17.2 Å². The number of rotatable bonds is 7. The van der Waals surface area contributed by atoms with Gasteiger partial charge in [-0.1, -0.05) is 30.3 Å². The van der Waals surface area contributed by atoms with Gasteiger partial charge in [-0.3, -0.25) is 4.79 Å². The molecule has 1 saturated heterocycles. The van der Waals surface area contributed by atoms with Gasteiger partial charge in [-0.15, -0.1) is 0 Å². The van der Waals surface area contributed by atoms with Crippen LogP contribution in [0.2, 0.25) is 0 Å². The Morgan fingerprint density at radius 3 is 2.56 bits per heavy atom. The monoisotopic (exact) mass is 388 g/mol. The van der Waals surface area contributed by atoms with Crippen molar-refractivity contribution < 1.29 is 17.9 Å². The lowest BCUT2D eigenvalue weighted by molar-refractivity contribution is -0.116. The van der Waals surface area contributed by atoms with Crippen molar-refractivity contribution in [3.05, 3.63) is 54.6 Å². The first-order chi connectivity index (χ1) is 12.9. The summed E-state index contributed by atoms with van der Waals surface area (Å²) in [6, 6.07) is 16.7. The van der Waals surface area contributed by atoms with E-state index in [0.29, 0.717) is 30.2 Å². The molecule has 27 heavy (non-hydrogen) atoms. The van der Waals surface area contributed by atoms with E-state index in [9.17, 15) is 13.2 Å². The first-order valence-corrected chi connectivity index (χ1v) is 10.8. The third-order valence-corrected chi connectivity index (χ3v) is 6.41. The van der Waals surface area contributed by atoms with E-state index in [1.807, 2.05) is 54.4 Å². The highest BCUT2D eigenvalue weighted by Gasteiger charge is 2.30. The lowest BCUT2D eigenvalue weighted by Crippen LogP contribution is -2.35. The molecule has 3 rings (SSSR count). The molecule has 144 valence electrons. The third kappa shape index (κ3) is 5.55. The second kappa shape index (κ2) is 8.54. The second-order valence-corrected chi connectivity index (χ2v) is 8.98. The molecule has 0 saturated carbocycles. The standard InChI is InChI=1S/C20H24N2O4S/c1-22(16-12-14-27(24,25)15-16)13-11-20(23)21-18-9-5-6-10-19(18)26-17-7-3-2-4-8-17/h2-10,16H,11-15H2,1H3,(H,21,23). The molecule has 2 aromatic carbocycles. The molecule has 0 aliphatic carbocycles. The summed E-state index contributed by atoms with van der Waals surface area (Å²) < 4.78 is 29.0. The van der Waals surface area contributed by atoms with Gasteiger partial charge in [0, 0.05) is 19.0 Å². The zero-order valence-corrected chi connectivity index (χ0v) is 16.1. The minimum absolute atomic E-state index is 0.00324. The van der Waals surface area contributed by atoms with Gasteiger partial charge in [0.2, 0.25) is 5.91 Å². The molecule has 1 aliphatic heterocycles. The fourth-order valence-electron chi connectivity index (χ4n) is 3.07. The topological polar surface area (TPSA) is 75.7 Å². The van der Waals surface area contributed by atoms with Crippen LogP contribution in [-0.2, 0) is 14.6 Å². The van der Waals surface area contributed by atoms with Crippen molar-refractivity contribution in [3.63, 3.8) is 0 Å². The Morgan fingerprint density at radius 2 is 1.85 bits per heavy atom. The van der Waals surface area contributed by atoms with Crippen LogP contribution in [-0.4, -0.2) is 50.4 Å². The molecule has 0 aromatic heterocycles. The van der Waals surface area contributed by atoms with Gasteiger partial charge in [-0.2, -0.15) is 0 Å². The van der Waals surface area contributed by atoms with E-state index in [-0.39, 0.29) is 29.9 Å². The second-order valence-electron chi connectivity index (χ2n) is 6.75. The normalized spacial score (nSPS) is 18.4. The Morgan fingerprint density at radius 1 is 1.15 bits per heavy atom. The van der Waals surface area contributed by atoms with Crippen LogP contribution < -0.4 is 10.1 Å². The highest BCUT2D eigenvalue weighted by molar-refractivity contribution is 7.91. The van der Waals surface area contributed by atoms with Crippen LogP contribution in [0.4, 0.5) is 5.69 Å².